The van der Waals surface area contributed by atoms with E-state index >= 15 is 0 Å². The van der Waals surface area contributed by atoms with Gasteiger partial charge in [0.25, 0.3) is 9.04 Å². The summed E-state index contributed by atoms with van der Waals surface area (Å²) >= 11 is -0.543. The van der Waals surface area contributed by atoms with Crippen LogP contribution < -0.4 is 10.4 Å². The fourth-order valence-corrected chi connectivity index (χ4v) is 7.01. The minimum atomic E-state index is -1.41. The Morgan fingerprint density at radius 1 is 0.706 bits per heavy atom. The molecular weight excluding hydrogens is 535 g/mol. The molecule has 0 amide bonds. The van der Waals surface area contributed by atoms with E-state index in [2.05, 4.69) is 124 Å². The molecule has 0 heterocycles. The van der Waals surface area contributed by atoms with Gasteiger partial charge in [0.15, 0.2) is 0 Å². The first-order valence-electron chi connectivity index (χ1n) is 12.2. The molecule has 0 fully saturated rings. The van der Waals surface area contributed by atoms with E-state index in [-0.39, 0.29) is 6.10 Å². The van der Waals surface area contributed by atoms with Crippen molar-refractivity contribution in [3.8, 4) is 0 Å². The number of aryl methyl sites for hydroxylation is 6. The van der Waals surface area contributed by atoms with Crippen molar-refractivity contribution in [1.29, 1.82) is 0 Å². The third-order valence-electron chi connectivity index (χ3n) is 5.47. The molecule has 0 aliphatic heterocycles. The number of rotatable bonds is 6. The molecule has 3 aromatic rings. The van der Waals surface area contributed by atoms with Crippen LogP contribution in [0.3, 0.4) is 0 Å². The molecule has 2 radical (unpaired) electrons. The van der Waals surface area contributed by atoms with E-state index in [9.17, 15) is 0 Å². The Hall–Kier alpha value is -1.62. The van der Waals surface area contributed by atoms with Crippen LogP contribution in [-0.2, 0) is 4.43 Å². The topological polar surface area (TPSA) is 9.23 Å². The molecule has 0 aliphatic carbocycles. The van der Waals surface area contributed by atoms with Gasteiger partial charge in [0.05, 0.1) is 6.10 Å². The van der Waals surface area contributed by atoms with E-state index in [4.69, 9.17) is 4.43 Å². The van der Waals surface area contributed by atoms with Gasteiger partial charge in [-0.3, -0.25) is 0 Å². The zero-order valence-corrected chi connectivity index (χ0v) is 26.7. The molecule has 34 heavy (non-hydrogen) atoms. The molecule has 180 valence electrons. The number of hydrogen-bond acceptors (Lipinski definition) is 1. The molecule has 0 saturated carbocycles. The Bertz CT molecular complexity index is 995. The first-order valence-corrected chi connectivity index (χ1v) is 22.2. The second-order valence-electron chi connectivity index (χ2n) is 9.97. The summed E-state index contributed by atoms with van der Waals surface area (Å²) in [7, 11) is -1.41. The molecule has 3 aromatic carbocycles. The van der Waals surface area contributed by atoms with Gasteiger partial charge in [-0.2, -0.15) is 0 Å². The van der Waals surface area contributed by atoms with Crippen LogP contribution in [0.2, 0.25) is 14.8 Å². The first-order chi connectivity index (χ1) is 16.0. The molecule has 0 N–H and O–H groups in total. The molecule has 0 saturated heterocycles. The summed E-state index contributed by atoms with van der Waals surface area (Å²) in [5.41, 5.74) is 9.15. The molecule has 0 aliphatic rings. The van der Waals surface area contributed by atoms with Gasteiger partial charge in [0.2, 0.25) is 0 Å². The summed E-state index contributed by atoms with van der Waals surface area (Å²) in [5.74, 6) is 0. The average Bonchev–Trinajstić information content (AvgIpc) is 2.71. The van der Waals surface area contributed by atoms with Crippen LogP contribution in [0, 0.1) is 41.5 Å². The molecule has 1 unspecified atom stereocenters. The SMILES string of the molecule is Cc1cc(C)c([Si](OC(C)/C=C/c2ccccc2)c2c(C)cc(C)cc2C)c(C)c1.[CH3][Sn]([CH3])[CH3]. The van der Waals surface area contributed by atoms with Crippen molar-refractivity contribution in [2.24, 2.45) is 0 Å². The third kappa shape index (κ3) is 8.55. The Morgan fingerprint density at radius 3 is 1.47 bits per heavy atom. The molecule has 0 aromatic heterocycles. The van der Waals surface area contributed by atoms with Crippen molar-refractivity contribution in [2.75, 3.05) is 0 Å². The van der Waals surface area contributed by atoms with Gasteiger partial charge < -0.3 is 4.43 Å². The van der Waals surface area contributed by atoms with E-state index in [0.717, 1.165) is 0 Å². The van der Waals surface area contributed by atoms with Crippen LogP contribution in [0.15, 0.2) is 60.7 Å². The van der Waals surface area contributed by atoms with Crippen molar-refractivity contribution >= 4 is 45.2 Å². The van der Waals surface area contributed by atoms with Crippen molar-refractivity contribution in [3.05, 3.63) is 99.6 Å². The van der Waals surface area contributed by atoms with Crippen LogP contribution in [0.4, 0.5) is 0 Å². The van der Waals surface area contributed by atoms with Crippen LogP contribution in [-0.4, -0.2) is 34.9 Å². The summed E-state index contributed by atoms with van der Waals surface area (Å²) in [6.07, 6.45) is 4.37. The molecule has 1 nitrogen and oxygen atoms in total. The fraction of sp³-hybridized carbons (Fsp3) is 0.355. The predicted molar refractivity (Wildman–Crippen MR) is 156 cm³/mol. The Labute approximate surface area is 217 Å². The van der Waals surface area contributed by atoms with Crippen LogP contribution in [0.1, 0.15) is 45.9 Å². The van der Waals surface area contributed by atoms with Crippen LogP contribution >= 0.6 is 0 Å². The van der Waals surface area contributed by atoms with E-state index in [1.165, 1.54) is 49.3 Å². The Balaban J connectivity index is 0.000000945. The maximum absolute atomic E-state index is 6.86. The Kier molecular flexibility index (Phi) is 11.3. The summed E-state index contributed by atoms with van der Waals surface area (Å²) in [5, 5.41) is 2.78. The summed E-state index contributed by atoms with van der Waals surface area (Å²) < 4.78 is 6.86. The van der Waals surface area contributed by atoms with Crippen molar-refractivity contribution < 1.29 is 4.43 Å². The van der Waals surface area contributed by atoms with E-state index in [0.29, 0.717) is 0 Å². The van der Waals surface area contributed by atoms with Gasteiger partial charge in [0, 0.05) is 0 Å². The van der Waals surface area contributed by atoms with Gasteiger partial charge in [-0.1, -0.05) is 77.9 Å². The quantitative estimate of drug-likeness (QED) is 0.283. The molecule has 0 bridgehead atoms. The van der Waals surface area contributed by atoms with Gasteiger partial charge in [0.1, 0.15) is 0 Å². The number of benzene rings is 3. The Morgan fingerprint density at radius 2 is 1.09 bits per heavy atom. The summed E-state index contributed by atoms with van der Waals surface area (Å²) in [6.45, 7) is 15.4. The average molecular weight is 577 g/mol. The predicted octanol–water partition coefficient (Wildman–Crippen LogP) is 7.13. The standard InChI is InChI=1S/C28H33OSi.3CH3.Sn/c1-19-15-21(3)27(22(4)16-19)30(28-23(5)17-20(2)18-24(28)6)29-25(7)13-14-26-11-9-8-10-12-26;;;;/h8-18,25H,1-7H3;3*1H3;/b14-13+;;;;. The second-order valence-corrected chi connectivity index (χ2v) is 20.4. The van der Waals surface area contributed by atoms with E-state index in [1.54, 1.807) is 0 Å². The summed E-state index contributed by atoms with van der Waals surface area (Å²) in [4.78, 5) is 7.09. The van der Waals surface area contributed by atoms with Crippen molar-refractivity contribution in [3.63, 3.8) is 0 Å². The third-order valence-corrected chi connectivity index (χ3v) is 8.56. The molecule has 1 atom stereocenters. The van der Waals surface area contributed by atoms with Gasteiger partial charge in [-0.25, -0.2) is 0 Å². The monoisotopic (exact) mass is 578 g/mol. The van der Waals surface area contributed by atoms with E-state index < -0.39 is 28.8 Å². The van der Waals surface area contributed by atoms with Crippen LogP contribution in [0.25, 0.3) is 6.08 Å². The fourth-order valence-electron chi connectivity index (χ4n) is 4.36. The molecule has 3 heteroatoms. The van der Waals surface area contributed by atoms with Gasteiger partial charge in [-0.05, 0) is 86.7 Å². The maximum atomic E-state index is 6.86. The first kappa shape index (κ1) is 28.6. The molecule has 0 spiro atoms. The van der Waals surface area contributed by atoms with Gasteiger partial charge in [-0.15, -0.1) is 0 Å². The summed E-state index contributed by atoms with van der Waals surface area (Å²) in [6, 6.07) is 19.6. The molecule has 3 rings (SSSR count). The van der Waals surface area contributed by atoms with E-state index in [1.807, 2.05) is 6.07 Å². The second kappa shape index (κ2) is 13.5. The zero-order valence-electron chi connectivity index (χ0n) is 22.8. The van der Waals surface area contributed by atoms with Crippen molar-refractivity contribution in [2.45, 2.75) is 69.4 Å². The molecular formula is C31H42OSiSn. The number of hydrogen-bond donors (Lipinski definition) is 0. The minimum absolute atomic E-state index is 0.0271. The van der Waals surface area contributed by atoms with Crippen LogP contribution in [0.5, 0.6) is 0 Å². The zero-order chi connectivity index (χ0) is 25.4. The van der Waals surface area contributed by atoms with Crippen molar-refractivity contribution in [1.82, 2.24) is 0 Å². The van der Waals surface area contributed by atoms with Gasteiger partial charge >= 0.3 is 34.6 Å². The normalized spacial score (nSPS) is 12.2.